The van der Waals surface area contributed by atoms with E-state index in [1.165, 1.54) is 30.3 Å². The third kappa shape index (κ3) is 1.94. The number of anilines is 1. The van der Waals surface area contributed by atoms with Gasteiger partial charge in [0, 0.05) is 6.20 Å². The van der Waals surface area contributed by atoms with E-state index in [0.717, 1.165) is 6.20 Å². The zero-order chi connectivity index (χ0) is 12.4. The lowest BCUT2D eigenvalue weighted by molar-refractivity contribution is 0.0594. The SMILES string of the molecule is COC(=O)c1nn(-c2ccncc2F)cc1N. The molecule has 0 saturated carbocycles. The van der Waals surface area contributed by atoms with Crippen LogP contribution in [-0.4, -0.2) is 27.8 Å². The fraction of sp³-hybridized carbons (Fsp3) is 0.100. The minimum Gasteiger partial charge on any atom is -0.464 e. The van der Waals surface area contributed by atoms with Crippen molar-refractivity contribution in [1.29, 1.82) is 0 Å². The van der Waals surface area contributed by atoms with Crippen molar-refractivity contribution in [2.24, 2.45) is 0 Å². The van der Waals surface area contributed by atoms with Gasteiger partial charge in [0.15, 0.2) is 11.5 Å². The van der Waals surface area contributed by atoms with Gasteiger partial charge in [0.1, 0.15) is 5.69 Å². The van der Waals surface area contributed by atoms with Crippen LogP contribution < -0.4 is 5.73 Å². The molecule has 0 aromatic carbocycles. The molecular formula is C10H9FN4O2. The highest BCUT2D eigenvalue weighted by Crippen LogP contribution is 2.16. The van der Waals surface area contributed by atoms with Gasteiger partial charge in [0.25, 0.3) is 0 Å². The summed E-state index contributed by atoms with van der Waals surface area (Å²) >= 11 is 0. The lowest BCUT2D eigenvalue weighted by Gasteiger charge is -2.00. The molecule has 17 heavy (non-hydrogen) atoms. The predicted molar refractivity (Wildman–Crippen MR) is 57.1 cm³/mol. The Morgan fingerprint density at radius 2 is 2.35 bits per heavy atom. The number of hydrogen-bond acceptors (Lipinski definition) is 5. The summed E-state index contributed by atoms with van der Waals surface area (Å²) < 4.78 is 19.1. The van der Waals surface area contributed by atoms with Crippen LogP contribution in [0.25, 0.3) is 5.69 Å². The van der Waals surface area contributed by atoms with E-state index < -0.39 is 11.8 Å². The lowest BCUT2D eigenvalue weighted by atomic mass is 10.4. The van der Waals surface area contributed by atoms with E-state index in [9.17, 15) is 9.18 Å². The van der Waals surface area contributed by atoms with Gasteiger partial charge in [-0.05, 0) is 6.07 Å². The third-order valence-corrected chi connectivity index (χ3v) is 2.12. The van der Waals surface area contributed by atoms with Crippen molar-refractivity contribution in [1.82, 2.24) is 14.8 Å². The molecule has 0 aliphatic carbocycles. The molecule has 0 aliphatic rings. The maximum absolute atomic E-state index is 13.4. The van der Waals surface area contributed by atoms with Crippen LogP contribution in [0.3, 0.4) is 0 Å². The first-order valence-electron chi connectivity index (χ1n) is 4.67. The van der Waals surface area contributed by atoms with Crippen LogP contribution in [0.4, 0.5) is 10.1 Å². The van der Waals surface area contributed by atoms with Crippen molar-refractivity contribution in [2.75, 3.05) is 12.8 Å². The smallest absolute Gasteiger partial charge is 0.360 e. The van der Waals surface area contributed by atoms with Gasteiger partial charge in [-0.25, -0.2) is 13.9 Å². The molecule has 0 atom stereocenters. The number of carbonyl (C=O) groups excluding carboxylic acids is 1. The summed E-state index contributed by atoms with van der Waals surface area (Å²) in [5, 5.41) is 3.86. The second-order valence-electron chi connectivity index (χ2n) is 3.20. The molecule has 2 aromatic rings. The number of nitrogen functional groups attached to an aromatic ring is 1. The molecule has 2 heterocycles. The largest absolute Gasteiger partial charge is 0.464 e. The standard InChI is InChI=1S/C10H9FN4O2/c1-17-10(16)9-7(12)5-15(14-9)8-2-3-13-4-6(8)11/h2-5H,12H2,1H3. The first-order valence-corrected chi connectivity index (χ1v) is 4.67. The zero-order valence-electron chi connectivity index (χ0n) is 8.92. The molecule has 0 bridgehead atoms. The molecule has 0 saturated heterocycles. The summed E-state index contributed by atoms with van der Waals surface area (Å²) in [5.41, 5.74) is 5.80. The van der Waals surface area contributed by atoms with Crippen molar-refractivity contribution >= 4 is 11.7 Å². The van der Waals surface area contributed by atoms with Gasteiger partial charge >= 0.3 is 5.97 Å². The van der Waals surface area contributed by atoms with Gasteiger partial charge in [-0.2, -0.15) is 5.10 Å². The van der Waals surface area contributed by atoms with Crippen LogP contribution in [0.1, 0.15) is 10.5 Å². The maximum Gasteiger partial charge on any atom is 0.360 e. The second kappa shape index (κ2) is 4.20. The minimum atomic E-state index is -0.671. The van der Waals surface area contributed by atoms with Gasteiger partial charge < -0.3 is 10.5 Å². The maximum atomic E-state index is 13.4. The van der Waals surface area contributed by atoms with Crippen molar-refractivity contribution in [2.45, 2.75) is 0 Å². The van der Waals surface area contributed by atoms with Crippen molar-refractivity contribution in [3.05, 3.63) is 36.2 Å². The van der Waals surface area contributed by atoms with Crippen LogP contribution >= 0.6 is 0 Å². The Hall–Kier alpha value is -2.44. The normalized spacial score (nSPS) is 10.2. The summed E-state index contributed by atoms with van der Waals surface area (Å²) in [6.07, 6.45) is 3.80. The fourth-order valence-electron chi connectivity index (χ4n) is 1.32. The van der Waals surface area contributed by atoms with Gasteiger partial charge in [0.05, 0.1) is 25.2 Å². The van der Waals surface area contributed by atoms with E-state index in [1.54, 1.807) is 0 Å². The van der Waals surface area contributed by atoms with Gasteiger partial charge in [-0.1, -0.05) is 0 Å². The number of methoxy groups -OCH3 is 1. The molecule has 88 valence electrons. The number of esters is 1. The quantitative estimate of drug-likeness (QED) is 0.779. The Morgan fingerprint density at radius 1 is 1.59 bits per heavy atom. The zero-order valence-corrected chi connectivity index (χ0v) is 8.92. The summed E-state index contributed by atoms with van der Waals surface area (Å²) in [4.78, 5) is 14.9. The summed E-state index contributed by atoms with van der Waals surface area (Å²) in [6, 6.07) is 1.42. The van der Waals surface area contributed by atoms with Gasteiger partial charge in [-0.15, -0.1) is 0 Å². The Bertz CT molecular complexity index is 567. The summed E-state index contributed by atoms with van der Waals surface area (Å²) in [6.45, 7) is 0. The van der Waals surface area contributed by atoms with E-state index in [2.05, 4.69) is 14.8 Å². The Morgan fingerprint density at radius 3 is 3.00 bits per heavy atom. The number of carbonyl (C=O) groups is 1. The number of aromatic nitrogens is 3. The van der Waals surface area contributed by atoms with Gasteiger partial charge in [-0.3, -0.25) is 4.98 Å². The Balaban J connectivity index is 2.49. The average molecular weight is 236 g/mol. The monoisotopic (exact) mass is 236 g/mol. The molecule has 6 nitrogen and oxygen atoms in total. The molecule has 0 spiro atoms. The van der Waals surface area contributed by atoms with Crippen molar-refractivity contribution in [3.63, 3.8) is 0 Å². The predicted octanol–water partition coefficient (Wildman–Crippen LogP) is 0.775. The molecule has 0 amide bonds. The highest BCUT2D eigenvalue weighted by atomic mass is 19.1. The summed E-state index contributed by atoms with van der Waals surface area (Å²) in [5.74, 6) is -1.23. The molecule has 7 heteroatoms. The minimum absolute atomic E-state index is 0.0521. The molecular weight excluding hydrogens is 227 g/mol. The van der Waals surface area contributed by atoms with Crippen LogP contribution in [0.5, 0.6) is 0 Å². The van der Waals surface area contributed by atoms with Crippen molar-refractivity contribution < 1.29 is 13.9 Å². The van der Waals surface area contributed by atoms with Crippen LogP contribution in [-0.2, 0) is 4.74 Å². The number of nitrogens with two attached hydrogens (primary N) is 1. The number of halogens is 1. The van der Waals surface area contributed by atoms with Gasteiger partial charge in [0.2, 0.25) is 0 Å². The number of pyridine rings is 1. The third-order valence-electron chi connectivity index (χ3n) is 2.12. The Kier molecular flexibility index (Phi) is 2.73. The average Bonchev–Trinajstić information content (AvgIpc) is 2.71. The molecule has 2 rings (SSSR count). The van der Waals surface area contributed by atoms with E-state index in [4.69, 9.17) is 5.73 Å². The van der Waals surface area contributed by atoms with E-state index >= 15 is 0 Å². The van der Waals surface area contributed by atoms with Crippen LogP contribution in [0.15, 0.2) is 24.7 Å². The topological polar surface area (TPSA) is 83.0 Å². The first-order chi connectivity index (χ1) is 8.13. The Labute approximate surface area is 95.8 Å². The van der Waals surface area contributed by atoms with Crippen molar-refractivity contribution in [3.8, 4) is 5.69 Å². The van der Waals surface area contributed by atoms with E-state index in [-0.39, 0.29) is 17.1 Å². The summed E-state index contributed by atoms with van der Waals surface area (Å²) in [7, 11) is 1.22. The second-order valence-corrected chi connectivity index (χ2v) is 3.20. The fourth-order valence-corrected chi connectivity index (χ4v) is 1.32. The lowest BCUT2D eigenvalue weighted by Crippen LogP contribution is -2.06. The molecule has 0 radical (unpaired) electrons. The van der Waals surface area contributed by atoms with Crippen LogP contribution in [0.2, 0.25) is 0 Å². The molecule has 0 aliphatic heterocycles. The highest BCUT2D eigenvalue weighted by molar-refractivity contribution is 5.92. The number of rotatable bonds is 2. The van der Waals surface area contributed by atoms with E-state index in [0.29, 0.717) is 0 Å². The number of nitrogens with zero attached hydrogens (tertiary/aromatic N) is 3. The molecule has 2 aromatic heterocycles. The molecule has 0 fully saturated rings. The van der Waals surface area contributed by atoms with Crippen LogP contribution in [0, 0.1) is 5.82 Å². The van der Waals surface area contributed by atoms with E-state index in [1.807, 2.05) is 0 Å². The molecule has 0 unspecified atom stereocenters. The number of ether oxygens (including phenoxy) is 1. The number of hydrogen-bond donors (Lipinski definition) is 1. The highest BCUT2D eigenvalue weighted by Gasteiger charge is 2.16. The first kappa shape index (κ1) is 11.1. The molecule has 2 N–H and O–H groups in total.